The highest BCUT2D eigenvalue weighted by Crippen LogP contribution is 2.34. The first-order valence-electron chi connectivity index (χ1n) is 5.73. The third-order valence-corrected chi connectivity index (χ3v) is 4.51. The van der Waals surface area contributed by atoms with Crippen molar-refractivity contribution in [3.8, 4) is 0 Å². The highest BCUT2D eigenvalue weighted by atomic mass is 32.2. The van der Waals surface area contributed by atoms with Crippen LogP contribution in [0, 0.1) is 0 Å². The van der Waals surface area contributed by atoms with Gasteiger partial charge in [-0.1, -0.05) is 0 Å². The molecule has 1 fully saturated rings. The fourth-order valence-corrected chi connectivity index (χ4v) is 3.09. The molecule has 0 bridgehead atoms. The molecule has 0 saturated carbocycles. The van der Waals surface area contributed by atoms with E-state index in [1.54, 1.807) is 11.8 Å². The van der Waals surface area contributed by atoms with Gasteiger partial charge in [-0.15, -0.1) is 11.8 Å². The lowest BCUT2D eigenvalue weighted by Gasteiger charge is -2.35. The third kappa shape index (κ3) is 2.34. The fraction of sp³-hybridized carbons (Fsp3) is 0.750. The van der Waals surface area contributed by atoms with Crippen molar-refractivity contribution in [2.75, 3.05) is 12.4 Å². The molecule has 0 aliphatic carbocycles. The number of thioether (sulfide) groups is 1. The Hall–Kier alpha value is -0.320. The molecule has 1 saturated heterocycles. The van der Waals surface area contributed by atoms with Crippen molar-refractivity contribution in [2.45, 2.75) is 45.5 Å². The van der Waals surface area contributed by atoms with Crippen LogP contribution in [0.25, 0.3) is 0 Å². The lowest BCUT2D eigenvalue weighted by atomic mass is 10.1. The molecule has 2 aliphatic heterocycles. The van der Waals surface area contributed by atoms with Crippen molar-refractivity contribution >= 4 is 17.5 Å². The number of Topliss-reactive ketones (excluding diaryl/α,β-unsaturated/α-hetero) is 1. The molecule has 2 rings (SSSR count). The Morgan fingerprint density at radius 1 is 1.31 bits per heavy atom. The maximum Gasteiger partial charge on any atom is 0.160 e. The van der Waals surface area contributed by atoms with Crippen LogP contribution in [0.1, 0.15) is 27.2 Å². The highest BCUT2D eigenvalue weighted by Gasteiger charge is 2.31. The Kier molecular flexibility index (Phi) is 3.72. The van der Waals surface area contributed by atoms with Gasteiger partial charge in [-0.3, -0.25) is 4.79 Å². The second-order valence-electron chi connectivity index (χ2n) is 4.38. The van der Waals surface area contributed by atoms with E-state index in [4.69, 9.17) is 9.47 Å². The van der Waals surface area contributed by atoms with Gasteiger partial charge in [0.1, 0.15) is 6.10 Å². The number of hydrogen-bond acceptors (Lipinski definition) is 4. The zero-order chi connectivity index (χ0) is 11.7. The molecule has 0 aromatic rings. The quantitative estimate of drug-likeness (QED) is 0.706. The van der Waals surface area contributed by atoms with Gasteiger partial charge in [-0.2, -0.15) is 0 Å². The minimum absolute atomic E-state index is 0.0413. The van der Waals surface area contributed by atoms with Gasteiger partial charge in [-0.25, -0.2) is 0 Å². The van der Waals surface area contributed by atoms with Crippen molar-refractivity contribution in [1.29, 1.82) is 0 Å². The van der Waals surface area contributed by atoms with E-state index in [0.717, 1.165) is 16.2 Å². The van der Waals surface area contributed by atoms with Crippen LogP contribution in [-0.4, -0.2) is 36.5 Å². The molecule has 3 nitrogen and oxygen atoms in total. The van der Waals surface area contributed by atoms with Crippen LogP contribution in [0.2, 0.25) is 0 Å². The van der Waals surface area contributed by atoms with Gasteiger partial charge in [0.25, 0.3) is 0 Å². The minimum atomic E-state index is -0.0413. The first-order valence-corrected chi connectivity index (χ1v) is 6.72. The number of carbonyl (C=O) groups is 1. The predicted octanol–water partition coefficient (Wildman–Crippen LogP) is 2.16. The van der Waals surface area contributed by atoms with Crippen LogP contribution in [0.5, 0.6) is 0 Å². The van der Waals surface area contributed by atoms with E-state index in [0.29, 0.717) is 13.0 Å². The van der Waals surface area contributed by atoms with Gasteiger partial charge in [0.2, 0.25) is 0 Å². The molecular formula is C12H18O3S. The summed E-state index contributed by atoms with van der Waals surface area (Å²) in [7, 11) is 0. The Labute approximate surface area is 101 Å². The van der Waals surface area contributed by atoms with E-state index in [-0.39, 0.29) is 24.1 Å². The van der Waals surface area contributed by atoms with E-state index < -0.39 is 0 Å². The number of carbonyl (C=O) groups excluding carboxylic acids is 1. The number of rotatable bonds is 1. The van der Waals surface area contributed by atoms with Crippen molar-refractivity contribution in [3.05, 3.63) is 10.5 Å². The van der Waals surface area contributed by atoms with Crippen LogP contribution in [0.3, 0.4) is 0 Å². The maximum atomic E-state index is 11.6. The van der Waals surface area contributed by atoms with Crippen LogP contribution >= 0.6 is 11.8 Å². The standard InChI is InChI=1S/C12H18O3S/c1-7-10(13)4-5-16-12(7)11-6-14-8(2)9(3)15-11/h8-9,11H,4-6H2,1-3H3. The molecule has 0 aromatic carbocycles. The number of allylic oxidation sites excluding steroid dienone is 1. The Morgan fingerprint density at radius 2 is 2.06 bits per heavy atom. The monoisotopic (exact) mass is 242 g/mol. The van der Waals surface area contributed by atoms with Gasteiger partial charge in [0.05, 0.1) is 18.8 Å². The topological polar surface area (TPSA) is 35.5 Å². The first-order chi connectivity index (χ1) is 7.59. The van der Waals surface area contributed by atoms with Gasteiger partial charge in [-0.05, 0) is 20.8 Å². The molecule has 0 radical (unpaired) electrons. The lowest BCUT2D eigenvalue weighted by molar-refractivity contribution is -0.153. The molecule has 4 heteroatoms. The maximum absolute atomic E-state index is 11.6. The molecule has 0 aromatic heterocycles. The summed E-state index contributed by atoms with van der Waals surface area (Å²) in [6, 6.07) is 0. The summed E-state index contributed by atoms with van der Waals surface area (Å²) in [5, 5.41) is 0. The molecular weight excluding hydrogens is 224 g/mol. The fourth-order valence-electron chi connectivity index (χ4n) is 1.94. The zero-order valence-corrected chi connectivity index (χ0v) is 10.8. The van der Waals surface area contributed by atoms with Gasteiger partial charge in [0, 0.05) is 22.7 Å². The summed E-state index contributed by atoms with van der Waals surface area (Å²) in [5.41, 5.74) is 0.867. The van der Waals surface area contributed by atoms with E-state index in [2.05, 4.69) is 0 Å². The van der Waals surface area contributed by atoms with Gasteiger partial charge < -0.3 is 9.47 Å². The average molecular weight is 242 g/mol. The summed E-state index contributed by atoms with van der Waals surface area (Å²) in [6.45, 7) is 6.50. The van der Waals surface area contributed by atoms with Crippen molar-refractivity contribution in [3.63, 3.8) is 0 Å². The lowest BCUT2D eigenvalue weighted by Crippen LogP contribution is -2.41. The largest absolute Gasteiger partial charge is 0.373 e. The van der Waals surface area contributed by atoms with Crippen LogP contribution in [0.15, 0.2) is 10.5 Å². The summed E-state index contributed by atoms with van der Waals surface area (Å²) >= 11 is 1.74. The van der Waals surface area contributed by atoms with Crippen molar-refractivity contribution < 1.29 is 14.3 Å². The van der Waals surface area contributed by atoms with E-state index in [1.807, 2.05) is 20.8 Å². The third-order valence-electron chi connectivity index (χ3n) is 3.22. The summed E-state index contributed by atoms with van der Waals surface area (Å²) < 4.78 is 11.6. The molecule has 2 aliphatic rings. The van der Waals surface area contributed by atoms with Crippen molar-refractivity contribution in [2.24, 2.45) is 0 Å². The van der Waals surface area contributed by atoms with Crippen LogP contribution < -0.4 is 0 Å². The van der Waals surface area contributed by atoms with Crippen LogP contribution in [-0.2, 0) is 14.3 Å². The Bertz CT molecular complexity index is 324. The molecule has 3 atom stereocenters. The molecule has 0 N–H and O–H groups in total. The predicted molar refractivity (Wildman–Crippen MR) is 64.5 cm³/mol. The Balaban J connectivity index is 2.13. The number of ether oxygens (including phenoxy) is 2. The smallest absolute Gasteiger partial charge is 0.160 e. The molecule has 0 spiro atoms. The molecule has 16 heavy (non-hydrogen) atoms. The van der Waals surface area contributed by atoms with Gasteiger partial charge in [0.15, 0.2) is 5.78 Å². The summed E-state index contributed by atoms with van der Waals surface area (Å²) in [5.74, 6) is 1.12. The second-order valence-corrected chi connectivity index (χ2v) is 5.52. The summed E-state index contributed by atoms with van der Waals surface area (Å²) in [4.78, 5) is 12.7. The summed E-state index contributed by atoms with van der Waals surface area (Å²) in [6.07, 6.45) is 0.845. The minimum Gasteiger partial charge on any atom is -0.373 e. The molecule has 90 valence electrons. The van der Waals surface area contributed by atoms with E-state index in [1.165, 1.54) is 0 Å². The average Bonchev–Trinajstić information content (AvgIpc) is 2.26. The molecule has 3 unspecified atom stereocenters. The Morgan fingerprint density at radius 3 is 2.75 bits per heavy atom. The number of hydrogen-bond donors (Lipinski definition) is 0. The SMILES string of the molecule is CC1=C(C2COC(C)C(C)O2)SCCC1=O. The van der Waals surface area contributed by atoms with E-state index >= 15 is 0 Å². The van der Waals surface area contributed by atoms with Crippen LogP contribution in [0.4, 0.5) is 0 Å². The molecule has 2 heterocycles. The normalized spacial score (nSPS) is 36.7. The zero-order valence-electron chi connectivity index (χ0n) is 9.99. The first kappa shape index (κ1) is 12.1. The molecule has 0 amide bonds. The van der Waals surface area contributed by atoms with Crippen molar-refractivity contribution in [1.82, 2.24) is 0 Å². The van der Waals surface area contributed by atoms with Gasteiger partial charge >= 0.3 is 0 Å². The number of ketones is 1. The highest BCUT2D eigenvalue weighted by molar-refractivity contribution is 8.03. The van der Waals surface area contributed by atoms with E-state index in [9.17, 15) is 4.79 Å². The second kappa shape index (κ2) is 4.90.